The van der Waals surface area contributed by atoms with Crippen LogP contribution < -0.4 is 9.47 Å². The fraction of sp³-hybridized carbons (Fsp3) is 0.550. The first-order valence-electron chi connectivity index (χ1n) is 9.27. The fourth-order valence-corrected chi connectivity index (χ4v) is 2.96. The average Bonchev–Trinajstić information content (AvgIpc) is 3.08. The van der Waals surface area contributed by atoms with E-state index in [4.69, 9.17) is 19.3 Å². The Morgan fingerprint density at radius 1 is 1.18 bits per heavy atom. The van der Waals surface area contributed by atoms with Crippen molar-refractivity contribution in [1.82, 2.24) is 4.90 Å². The third-order valence-corrected chi connectivity index (χ3v) is 4.03. The topological polar surface area (TPSA) is 102 Å². The van der Waals surface area contributed by atoms with Gasteiger partial charge in [0.05, 0.1) is 6.61 Å². The lowest BCUT2D eigenvalue weighted by Gasteiger charge is -2.27. The summed E-state index contributed by atoms with van der Waals surface area (Å²) in [6.07, 6.45) is 1.27. The van der Waals surface area contributed by atoms with Crippen molar-refractivity contribution in [2.24, 2.45) is 0 Å². The number of hydrogen-bond acceptors (Lipinski definition) is 6. The van der Waals surface area contributed by atoms with Gasteiger partial charge in [-0.05, 0) is 58.7 Å². The van der Waals surface area contributed by atoms with E-state index in [1.54, 1.807) is 27.7 Å². The van der Waals surface area contributed by atoms with Crippen molar-refractivity contribution in [2.45, 2.75) is 52.2 Å². The van der Waals surface area contributed by atoms with Crippen molar-refractivity contribution >= 4 is 17.8 Å². The van der Waals surface area contributed by atoms with E-state index in [9.17, 15) is 14.4 Å². The van der Waals surface area contributed by atoms with Crippen LogP contribution in [-0.2, 0) is 14.3 Å². The summed E-state index contributed by atoms with van der Waals surface area (Å²) in [4.78, 5) is 37.7. The van der Waals surface area contributed by atoms with E-state index in [1.807, 2.05) is 0 Å². The van der Waals surface area contributed by atoms with Crippen molar-refractivity contribution in [3.05, 3.63) is 23.8 Å². The third-order valence-electron chi connectivity index (χ3n) is 4.03. The summed E-state index contributed by atoms with van der Waals surface area (Å²) in [7, 11) is 0. The second-order valence-electron chi connectivity index (χ2n) is 7.47. The molecule has 2 rings (SSSR count). The molecule has 0 radical (unpaired) electrons. The van der Waals surface area contributed by atoms with Crippen LogP contribution in [0.3, 0.4) is 0 Å². The van der Waals surface area contributed by atoms with E-state index in [1.165, 1.54) is 23.1 Å². The van der Waals surface area contributed by atoms with Crippen LogP contribution in [0.15, 0.2) is 18.2 Å². The van der Waals surface area contributed by atoms with E-state index in [-0.39, 0.29) is 17.4 Å². The standard InChI is InChI=1S/C20H27NO7/c1-5-26-16-11-13(8-9-15(16)27-12-17(22)23)18(24)21-10-6-7-14(21)19(25)28-20(2,3)4/h8-9,11,14H,5-7,10,12H2,1-4H3,(H,22,23)/t14-/m1/s1. The van der Waals surface area contributed by atoms with Crippen LogP contribution in [0.25, 0.3) is 0 Å². The van der Waals surface area contributed by atoms with E-state index < -0.39 is 30.2 Å². The molecule has 1 amide bonds. The lowest BCUT2D eigenvalue weighted by atomic mass is 10.1. The minimum absolute atomic E-state index is 0.242. The van der Waals surface area contributed by atoms with E-state index in [0.717, 1.165) is 0 Å². The Morgan fingerprint density at radius 2 is 1.89 bits per heavy atom. The Balaban J connectivity index is 2.21. The number of hydrogen-bond donors (Lipinski definition) is 1. The summed E-state index contributed by atoms with van der Waals surface area (Å²) in [5, 5.41) is 8.77. The van der Waals surface area contributed by atoms with Gasteiger partial charge in [-0.3, -0.25) is 4.79 Å². The summed E-state index contributed by atoms with van der Waals surface area (Å²) < 4.78 is 16.1. The first-order valence-corrected chi connectivity index (χ1v) is 9.27. The number of amides is 1. The van der Waals surface area contributed by atoms with Crippen LogP contribution in [0.4, 0.5) is 0 Å². The molecule has 1 saturated heterocycles. The second kappa shape index (κ2) is 8.95. The maximum absolute atomic E-state index is 13.0. The van der Waals surface area contributed by atoms with Gasteiger partial charge in [0.1, 0.15) is 11.6 Å². The Bertz CT molecular complexity index is 739. The van der Waals surface area contributed by atoms with Gasteiger partial charge in [-0.1, -0.05) is 0 Å². The van der Waals surface area contributed by atoms with Crippen LogP contribution in [0.5, 0.6) is 11.5 Å². The Morgan fingerprint density at radius 3 is 2.50 bits per heavy atom. The van der Waals surface area contributed by atoms with Crippen LogP contribution in [0.1, 0.15) is 50.9 Å². The van der Waals surface area contributed by atoms with Gasteiger partial charge in [0.2, 0.25) is 0 Å². The molecule has 1 aromatic rings. The van der Waals surface area contributed by atoms with Crippen LogP contribution in [-0.4, -0.2) is 59.3 Å². The molecule has 8 nitrogen and oxygen atoms in total. The fourth-order valence-electron chi connectivity index (χ4n) is 2.96. The highest BCUT2D eigenvalue weighted by Crippen LogP contribution is 2.30. The van der Waals surface area contributed by atoms with Gasteiger partial charge in [0.25, 0.3) is 5.91 Å². The minimum atomic E-state index is -1.11. The lowest BCUT2D eigenvalue weighted by Crippen LogP contribution is -2.43. The maximum Gasteiger partial charge on any atom is 0.341 e. The summed E-state index contributed by atoms with van der Waals surface area (Å²) in [6, 6.07) is 3.92. The molecule has 0 unspecified atom stereocenters. The first kappa shape index (κ1) is 21.5. The zero-order valence-electron chi connectivity index (χ0n) is 16.7. The summed E-state index contributed by atoms with van der Waals surface area (Å²) in [5.41, 5.74) is -0.291. The molecule has 0 saturated carbocycles. The maximum atomic E-state index is 13.0. The van der Waals surface area contributed by atoms with Gasteiger partial charge in [-0.2, -0.15) is 0 Å². The second-order valence-corrected chi connectivity index (χ2v) is 7.47. The lowest BCUT2D eigenvalue weighted by molar-refractivity contribution is -0.159. The number of ether oxygens (including phenoxy) is 3. The average molecular weight is 393 g/mol. The molecular formula is C20H27NO7. The number of benzene rings is 1. The number of carbonyl (C=O) groups is 3. The molecule has 1 aliphatic heterocycles. The number of carbonyl (C=O) groups excluding carboxylic acids is 2. The van der Waals surface area contributed by atoms with E-state index in [2.05, 4.69) is 0 Å². The minimum Gasteiger partial charge on any atom is -0.490 e. The molecule has 8 heteroatoms. The highest BCUT2D eigenvalue weighted by molar-refractivity contribution is 5.97. The smallest absolute Gasteiger partial charge is 0.341 e. The normalized spacial score (nSPS) is 16.6. The SMILES string of the molecule is CCOc1cc(C(=O)N2CCC[C@@H]2C(=O)OC(C)(C)C)ccc1OCC(=O)O. The monoisotopic (exact) mass is 393 g/mol. The third kappa shape index (κ3) is 5.61. The zero-order chi connectivity index (χ0) is 20.9. The number of esters is 1. The molecule has 1 heterocycles. The van der Waals surface area contributed by atoms with Gasteiger partial charge in [0, 0.05) is 12.1 Å². The van der Waals surface area contributed by atoms with Gasteiger partial charge >= 0.3 is 11.9 Å². The predicted octanol–water partition coefficient (Wildman–Crippen LogP) is 2.50. The molecular weight excluding hydrogens is 366 g/mol. The van der Waals surface area contributed by atoms with Gasteiger partial charge in [-0.15, -0.1) is 0 Å². The molecule has 1 N–H and O–H groups in total. The van der Waals surface area contributed by atoms with E-state index >= 15 is 0 Å². The molecule has 154 valence electrons. The summed E-state index contributed by atoms with van der Waals surface area (Å²) in [5.74, 6) is -1.31. The van der Waals surface area contributed by atoms with Gasteiger partial charge < -0.3 is 24.2 Å². The first-order chi connectivity index (χ1) is 13.1. The largest absolute Gasteiger partial charge is 0.490 e. The number of likely N-dealkylation sites (tertiary alicyclic amines) is 1. The van der Waals surface area contributed by atoms with Crippen LogP contribution in [0.2, 0.25) is 0 Å². The van der Waals surface area contributed by atoms with Crippen LogP contribution in [0, 0.1) is 0 Å². The number of carboxylic acid groups (broad SMARTS) is 1. The molecule has 0 aliphatic carbocycles. The molecule has 0 aromatic heterocycles. The van der Waals surface area contributed by atoms with Crippen LogP contribution >= 0.6 is 0 Å². The number of rotatable bonds is 7. The van der Waals surface area contributed by atoms with Crippen molar-refractivity contribution in [2.75, 3.05) is 19.8 Å². The highest BCUT2D eigenvalue weighted by atomic mass is 16.6. The Labute approximate surface area is 164 Å². The van der Waals surface area contributed by atoms with Gasteiger partial charge in [-0.25, -0.2) is 9.59 Å². The quantitative estimate of drug-likeness (QED) is 0.710. The molecule has 1 fully saturated rings. The summed E-state index contributed by atoms with van der Waals surface area (Å²) in [6.45, 7) is 7.41. The summed E-state index contributed by atoms with van der Waals surface area (Å²) >= 11 is 0. The number of aliphatic carboxylic acids is 1. The molecule has 0 spiro atoms. The predicted molar refractivity (Wildman–Crippen MR) is 101 cm³/mol. The molecule has 28 heavy (non-hydrogen) atoms. The molecule has 1 aromatic carbocycles. The Kier molecular flexibility index (Phi) is 6.88. The van der Waals surface area contributed by atoms with Crippen molar-refractivity contribution in [3.63, 3.8) is 0 Å². The number of nitrogens with zero attached hydrogens (tertiary/aromatic N) is 1. The number of carboxylic acids is 1. The van der Waals surface area contributed by atoms with E-state index in [0.29, 0.717) is 31.6 Å². The molecule has 1 atom stereocenters. The van der Waals surface area contributed by atoms with Gasteiger partial charge in [0.15, 0.2) is 18.1 Å². The van der Waals surface area contributed by atoms with Crippen molar-refractivity contribution in [1.29, 1.82) is 0 Å². The van der Waals surface area contributed by atoms with Crippen molar-refractivity contribution in [3.8, 4) is 11.5 Å². The highest BCUT2D eigenvalue weighted by Gasteiger charge is 2.37. The zero-order valence-corrected chi connectivity index (χ0v) is 16.7. The molecule has 1 aliphatic rings. The van der Waals surface area contributed by atoms with Crippen molar-refractivity contribution < 1.29 is 33.7 Å². The molecule has 0 bridgehead atoms. The Hall–Kier alpha value is -2.77.